The van der Waals surface area contributed by atoms with Crippen LogP contribution in [-0.4, -0.2) is 18.4 Å². The molecule has 3 N–H and O–H groups in total. The van der Waals surface area contributed by atoms with Gasteiger partial charge in [0.1, 0.15) is 5.75 Å². The van der Waals surface area contributed by atoms with E-state index in [1.54, 1.807) is 0 Å². The zero-order chi connectivity index (χ0) is 21.5. The molecule has 31 heavy (non-hydrogen) atoms. The van der Waals surface area contributed by atoms with Crippen LogP contribution in [0.5, 0.6) is 5.75 Å². The summed E-state index contributed by atoms with van der Waals surface area (Å²) in [6, 6.07) is 23.2. The lowest BCUT2D eigenvalue weighted by Gasteiger charge is -2.17. The first-order valence-electron chi connectivity index (χ1n) is 10.4. The van der Waals surface area contributed by atoms with E-state index in [1.807, 2.05) is 72.8 Å². The predicted molar refractivity (Wildman–Crippen MR) is 123 cm³/mol. The van der Waals surface area contributed by atoms with E-state index in [1.165, 1.54) is 0 Å². The summed E-state index contributed by atoms with van der Waals surface area (Å²) >= 11 is 0. The van der Waals surface area contributed by atoms with Crippen molar-refractivity contribution in [1.82, 2.24) is 0 Å². The van der Waals surface area contributed by atoms with E-state index < -0.39 is 0 Å². The maximum atomic E-state index is 12.2. The van der Waals surface area contributed by atoms with Crippen LogP contribution in [0.25, 0.3) is 0 Å². The summed E-state index contributed by atoms with van der Waals surface area (Å²) in [5.41, 5.74) is 4.68. The summed E-state index contributed by atoms with van der Waals surface area (Å²) < 4.78 is 5.77. The van der Waals surface area contributed by atoms with Crippen molar-refractivity contribution in [3.8, 4) is 5.75 Å². The monoisotopic (exact) mass is 415 g/mol. The van der Waals surface area contributed by atoms with Crippen LogP contribution in [0.15, 0.2) is 72.8 Å². The van der Waals surface area contributed by atoms with Gasteiger partial charge in [-0.05, 0) is 73.0 Å². The number of carbonyl (C=O) groups is 2. The first-order chi connectivity index (χ1) is 15.2. The van der Waals surface area contributed by atoms with E-state index in [0.717, 1.165) is 40.5 Å². The minimum absolute atomic E-state index is 0.0412. The van der Waals surface area contributed by atoms with Gasteiger partial charge in [-0.25, -0.2) is 0 Å². The first kappa shape index (κ1) is 20.5. The van der Waals surface area contributed by atoms with Crippen molar-refractivity contribution in [2.24, 2.45) is 0 Å². The third-order valence-corrected chi connectivity index (χ3v) is 5.02. The van der Waals surface area contributed by atoms with Gasteiger partial charge in [-0.2, -0.15) is 0 Å². The van der Waals surface area contributed by atoms with Gasteiger partial charge in [0.2, 0.25) is 11.8 Å². The third-order valence-electron chi connectivity index (χ3n) is 5.02. The molecule has 6 heteroatoms. The standard InChI is InChI=1S/C25H25N3O3/c29-24(27-21-11-9-20(10-12-21)26-19-5-2-1-3-6-19)7-4-16-31-22-13-14-23-18(17-22)8-15-25(30)28-23/h1-3,5-6,9-14,17,26H,4,7-8,15-16H2,(H,27,29)(H,28,30). The molecule has 0 spiro atoms. The highest BCUT2D eigenvalue weighted by atomic mass is 16.5. The Labute approximate surface area is 181 Å². The molecule has 0 aliphatic carbocycles. The van der Waals surface area contributed by atoms with Gasteiger partial charge in [0.05, 0.1) is 6.61 Å². The second-order valence-corrected chi connectivity index (χ2v) is 7.44. The van der Waals surface area contributed by atoms with Crippen molar-refractivity contribution in [2.45, 2.75) is 25.7 Å². The fraction of sp³-hybridized carbons (Fsp3) is 0.200. The van der Waals surface area contributed by atoms with Crippen molar-refractivity contribution in [2.75, 3.05) is 22.6 Å². The van der Waals surface area contributed by atoms with Gasteiger partial charge < -0.3 is 20.7 Å². The molecular formula is C25H25N3O3. The van der Waals surface area contributed by atoms with Crippen LogP contribution in [-0.2, 0) is 16.0 Å². The number of ether oxygens (including phenoxy) is 1. The summed E-state index contributed by atoms with van der Waals surface area (Å²) in [4.78, 5) is 23.6. The van der Waals surface area contributed by atoms with E-state index in [4.69, 9.17) is 4.74 Å². The first-order valence-corrected chi connectivity index (χ1v) is 10.4. The Morgan fingerprint density at radius 1 is 0.903 bits per heavy atom. The molecule has 0 fully saturated rings. The molecule has 1 aliphatic rings. The molecule has 0 radical (unpaired) electrons. The maximum absolute atomic E-state index is 12.2. The number of carbonyl (C=O) groups excluding carboxylic acids is 2. The van der Waals surface area contributed by atoms with E-state index in [0.29, 0.717) is 25.9 Å². The second kappa shape index (κ2) is 9.80. The quantitative estimate of drug-likeness (QED) is 0.447. The number of anilines is 4. The smallest absolute Gasteiger partial charge is 0.224 e. The lowest BCUT2D eigenvalue weighted by Crippen LogP contribution is -2.18. The average molecular weight is 415 g/mol. The van der Waals surface area contributed by atoms with Gasteiger partial charge in [0.15, 0.2) is 0 Å². The molecule has 1 aliphatic heterocycles. The molecule has 158 valence electrons. The van der Waals surface area contributed by atoms with E-state index in [2.05, 4.69) is 16.0 Å². The average Bonchev–Trinajstić information content (AvgIpc) is 2.79. The fourth-order valence-electron chi connectivity index (χ4n) is 3.42. The van der Waals surface area contributed by atoms with Crippen LogP contribution in [0.3, 0.4) is 0 Å². The number of hydrogen-bond acceptors (Lipinski definition) is 4. The highest BCUT2D eigenvalue weighted by molar-refractivity contribution is 5.94. The van der Waals surface area contributed by atoms with E-state index in [9.17, 15) is 9.59 Å². The Morgan fingerprint density at radius 3 is 2.45 bits per heavy atom. The van der Waals surface area contributed by atoms with Crippen LogP contribution in [0.4, 0.5) is 22.7 Å². The van der Waals surface area contributed by atoms with Crippen molar-refractivity contribution in [3.63, 3.8) is 0 Å². The molecule has 0 atom stereocenters. The summed E-state index contributed by atoms with van der Waals surface area (Å²) in [6.45, 7) is 0.457. The number of hydrogen-bond donors (Lipinski definition) is 3. The molecular weight excluding hydrogens is 390 g/mol. The summed E-state index contributed by atoms with van der Waals surface area (Å²) in [5.74, 6) is 0.770. The SMILES string of the molecule is O=C(CCCOc1ccc2c(c1)CCC(=O)N2)Nc1ccc(Nc2ccccc2)cc1. The molecule has 0 aromatic heterocycles. The second-order valence-electron chi connectivity index (χ2n) is 7.44. The van der Waals surface area contributed by atoms with Crippen molar-refractivity contribution in [3.05, 3.63) is 78.4 Å². The highest BCUT2D eigenvalue weighted by Gasteiger charge is 2.15. The molecule has 6 nitrogen and oxygen atoms in total. The Balaban J connectivity index is 1.19. The Morgan fingerprint density at radius 2 is 1.65 bits per heavy atom. The van der Waals surface area contributed by atoms with E-state index >= 15 is 0 Å². The summed E-state index contributed by atoms with van der Waals surface area (Å²) in [6.07, 6.45) is 2.22. The minimum atomic E-state index is -0.0412. The Hall–Kier alpha value is -3.80. The zero-order valence-corrected chi connectivity index (χ0v) is 17.2. The van der Waals surface area contributed by atoms with Crippen molar-refractivity contribution >= 4 is 34.6 Å². The molecule has 4 rings (SSSR count). The molecule has 0 saturated heterocycles. The van der Waals surface area contributed by atoms with Crippen molar-refractivity contribution in [1.29, 1.82) is 0 Å². The molecule has 0 unspecified atom stereocenters. The predicted octanol–water partition coefficient (Wildman–Crippen LogP) is 5.11. The van der Waals surface area contributed by atoms with Crippen LogP contribution in [0, 0.1) is 0 Å². The molecule has 3 aromatic rings. The molecule has 2 amide bonds. The van der Waals surface area contributed by atoms with Crippen LogP contribution >= 0.6 is 0 Å². The molecule has 0 saturated carbocycles. The third kappa shape index (κ3) is 5.85. The van der Waals surface area contributed by atoms with Gasteiger partial charge in [-0.3, -0.25) is 9.59 Å². The molecule has 0 bridgehead atoms. The fourth-order valence-corrected chi connectivity index (χ4v) is 3.42. The number of nitrogens with one attached hydrogen (secondary N) is 3. The summed E-state index contributed by atoms with van der Waals surface area (Å²) in [7, 11) is 0. The van der Waals surface area contributed by atoms with Crippen LogP contribution in [0.1, 0.15) is 24.8 Å². The largest absolute Gasteiger partial charge is 0.494 e. The van der Waals surface area contributed by atoms with Gasteiger partial charge in [0.25, 0.3) is 0 Å². The maximum Gasteiger partial charge on any atom is 0.224 e. The number of rotatable bonds is 8. The minimum Gasteiger partial charge on any atom is -0.494 e. The topological polar surface area (TPSA) is 79.5 Å². The Bertz CT molecular complexity index is 1050. The van der Waals surface area contributed by atoms with Crippen LogP contribution in [0.2, 0.25) is 0 Å². The number of amides is 2. The number of aryl methyl sites for hydroxylation is 1. The highest BCUT2D eigenvalue weighted by Crippen LogP contribution is 2.27. The molecule has 3 aromatic carbocycles. The number of fused-ring (bicyclic) bond motifs is 1. The zero-order valence-electron chi connectivity index (χ0n) is 17.2. The summed E-state index contributed by atoms with van der Waals surface area (Å²) in [5, 5.41) is 9.08. The number of benzene rings is 3. The molecule has 1 heterocycles. The Kier molecular flexibility index (Phi) is 6.47. The van der Waals surface area contributed by atoms with Gasteiger partial charge >= 0.3 is 0 Å². The van der Waals surface area contributed by atoms with Gasteiger partial charge in [0, 0.05) is 35.6 Å². The van der Waals surface area contributed by atoms with Gasteiger partial charge in [-0.1, -0.05) is 18.2 Å². The van der Waals surface area contributed by atoms with Gasteiger partial charge in [-0.15, -0.1) is 0 Å². The number of para-hydroxylation sites is 1. The van der Waals surface area contributed by atoms with E-state index in [-0.39, 0.29) is 11.8 Å². The lowest BCUT2D eigenvalue weighted by atomic mass is 10.0. The normalized spacial score (nSPS) is 12.5. The lowest BCUT2D eigenvalue weighted by molar-refractivity contribution is -0.117. The van der Waals surface area contributed by atoms with Crippen molar-refractivity contribution < 1.29 is 14.3 Å². The van der Waals surface area contributed by atoms with Crippen LogP contribution < -0.4 is 20.7 Å².